The van der Waals surface area contributed by atoms with E-state index in [9.17, 15) is 4.79 Å². The van der Waals surface area contributed by atoms with Crippen LogP contribution >= 0.6 is 0 Å². The lowest BCUT2D eigenvalue weighted by molar-refractivity contribution is -0.121. The van der Waals surface area contributed by atoms with Gasteiger partial charge in [-0.2, -0.15) is 0 Å². The number of carbonyl (C=O) groups excluding carboxylic acids is 1. The smallest absolute Gasteiger partial charge is 0.221 e. The summed E-state index contributed by atoms with van der Waals surface area (Å²) in [5, 5.41) is 0. The Labute approximate surface area is 93.0 Å². The van der Waals surface area contributed by atoms with Gasteiger partial charge < -0.3 is 16.4 Å². The number of hydrogen-bond acceptors (Lipinski definition) is 3. The first-order valence-corrected chi connectivity index (χ1v) is 5.58. The van der Waals surface area contributed by atoms with Crippen molar-refractivity contribution in [1.82, 2.24) is 4.90 Å². The zero-order chi connectivity index (χ0) is 12.0. The van der Waals surface area contributed by atoms with Crippen LogP contribution in [0.4, 0.5) is 0 Å². The Morgan fingerprint density at radius 3 is 2.27 bits per heavy atom. The van der Waals surface area contributed by atoms with E-state index in [1.165, 1.54) is 0 Å². The molecule has 0 heterocycles. The number of nitrogens with zero attached hydrogens (tertiary/aromatic N) is 1. The Hall–Kier alpha value is -0.610. The van der Waals surface area contributed by atoms with Crippen LogP contribution in [0.3, 0.4) is 0 Å². The molecule has 4 nitrogen and oxygen atoms in total. The monoisotopic (exact) mass is 215 g/mol. The van der Waals surface area contributed by atoms with Crippen molar-refractivity contribution in [2.45, 2.75) is 33.2 Å². The van der Waals surface area contributed by atoms with Crippen molar-refractivity contribution in [1.29, 1.82) is 0 Å². The average molecular weight is 215 g/mol. The first-order chi connectivity index (χ1) is 6.84. The maximum Gasteiger partial charge on any atom is 0.221 e. The lowest BCUT2D eigenvalue weighted by Gasteiger charge is -2.22. The lowest BCUT2D eigenvalue weighted by atomic mass is 10.0. The SMILES string of the molecule is CC(CN(C)CCC(N)C(C)C)C(N)=O. The molecule has 15 heavy (non-hydrogen) atoms. The number of amides is 1. The van der Waals surface area contributed by atoms with Crippen LogP contribution in [0, 0.1) is 11.8 Å². The predicted octanol–water partition coefficient (Wildman–Crippen LogP) is 0.413. The van der Waals surface area contributed by atoms with Gasteiger partial charge in [0.1, 0.15) is 0 Å². The molecule has 4 N–H and O–H groups in total. The molecule has 0 rings (SSSR count). The molecule has 0 aromatic heterocycles. The van der Waals surface area contributed by atoms with Gasteiger partial charge in [0.05, 0.1) is 0 Å². The van der Waals surface area contributed by atoms with Gasteiger partial charge in [-0.05, 0) is 25.9 Å². The van der Waals surface area contributed by atoms with Crippen molar-refractivity contribution < 1.29 is 4.79 Å². The summed E-state index contributed by atoms with van der Waals surface area (Å²) < 4.78 is 0. The van der Waals surface area contributed by atoms with Gasteiger partial charge in [0.15, 0.2) is 0 Å². The maximum absolute atomic E-state index is 10.9. The number of nitrogens with two attached hydrogens (primary N) is 2. The molecular weight excluding hydrogens is 190 g/mol. The highest BCUT2D eigenvalue weighted by molar-refractivity contribution is 5.76. The molecule has 4 heteroatoms. The first-order valence-electron chi connectivity index (χ1n) is 5.58. The van der Waals surface area contributed by atoms with E-state index in [-0.39, 0.29) is 17.9 Å². The molecule has 0 spiro atoms. The lowest BCUT2D eigenvalue weighted by Crippen LogP contribution is -2.36. The van der Waals surface area contributed by atoms with Crippen LogP contribution in [-0.4, -0.2) is 37.0 Å². The molecule has 1 amide bonds. The summed E-state index contributed by atoms with van der Waals surface area (Å²) in [5.41, 5.74) is 11.1. The third kappa shape index (κ3) is 6.47. The molecule has 0 saturated carbocycles. The van der Waals surface area contributed by atoms with Crippen molar-refractivity contribution in [2.75, 3.05) is 20.1 Å². The van der Waals surface area contributed by atoms with Crippen LogP contribution in [0.2, 0.25) is 0 Å². The summed E-state index contributed by atoms with van der Waals surface area (Å²) in [6, 6.07) is 0.233. The minimum absolute atomic E-state index is 0.0923. The Balaban J connectivity index is 3.75. The molecule has 0 bridgehead atoms. The Morgan fingerprint density at radius 2 is 1.87 bits per heavy atom. The zero-order valence-electron chi connectivity index (χ0n) is 10.4. The molecular formula is C11H25N3O. The normalized spacial score (nSPS) is 15.7. The Morgan fingerprint density at radius 1 is 1.33 bits per heavy atom. The van der Waals surface area contributed by atoms with E-state index in [0.717, 1.165) is 13.0 Å². The molecule has 90 valence electrons. The fourth-order valence-electron chi connectivity index (χ4n) is 1.35. The van der Waals surface area contributed by atoms with Crippen molar-refractivity contribution in [3.63, 3.8) is 0 Å². The minimum Gasteiger partial charge on any atom is -0.369 e. The van der Waals surface area contributed by atoms with Gasteiger partial charge in [-0.1, -0.05) is 20.8 Å². The summed E-state index contributed by atoms with van der Waals surface area (Å²) in [5.74, 6) is 0.173. The third-order valence-electron chi connectivity index (χ3n) is 2.77. The molecule has 0 aromatic carbocycles. The number of hydrogen-bond donors (Lipinski definition) is 2. The van der Waals surface area contributed by atoms with Crippen molar-refractivity contribution >= 4 is 5.91 Å². The standard InChI is InChI=1S/C11H25N3O/c1-8(2)10(12)5-6-14(4)7-9(3)11(13)15/h8-10H,5-7,12H2,1-4H3,(H2,13,15). The van der Waals surface area contributed by atoms with E-state index in [1.54, 1.807) is 0 Å². The zero-order valence-corrected chi connectivity index (χ0v) is 10.4. The molecule has 0 aliphatic carbocycles. The van der Waals surface area contributed by atoms with Gasteiger partial charge in [-0.25, -0.2) is 0 Å². The molecule has 2 atom stereocenters. The molecule has 0 radical (unpaired) electrons. The minimum atomic E-state index is -0.241. The fourth-order valence-corrected chi connectivity index (χ4v) is 1.35. The topological polar surface area (TPSA) is 72.3 Å². The molecule has 0 aromatic rings. The van der Waals surface area contributed by atoms with Gasteiger partial charge in [0.25, 0.3) is 0 Å². The predicted molar refractivity (Wildman–Crippen MR) is 63.3 cm³/mol. The van der Waals surface area contributed by atoms with Gasteiger partial charge in [0, 0.05) is 18.5 Å². The molecule has 2 unspecified atom stereocenters. The summed E-state index contributed by atoms with van der Waals surface area (Å²) in [4.78, 5) is 13.0. The average Bonchev–Trinajstić information content (AvgIpc) is 2.13. The summed E-state index contributed by atoms with van der Waals surface area (Å²) in [7, 11) is 1.99. The van der Waals surface area contributed by atoms with Gasteiger partial charge in [-0.15, -0.1) is 0 Å². The highest BCUT2D eigenvalue weighted by Gasteiger charge is 2.13. The largest absolute Gasteiger partial charge is 0.369 e. The molecule has 0 aliphatic heterocycles. The Bertz CT molecular complexity index is 194. The van der Waals surface area contributed by atoms with Crippen LogP contribution in [-0.2, 0) is 4.79 Å². The van der Waals surface area contributed by atoms with E-state index < -0.39 is 0 Å². The summed E-state index contributed by atoms with van der Waals surface area (Å²) >= 11 is 0. The van der Waals surface area contributed by atoms with E-state index in [4.69, 9.17) is 11.5 Å². The van der Waals surface area contributed by atoms with Crippen LogP contribution in [0.1, 0.15) is 27.2 Å². The molecule has 0 saturated heterocycles. The van der Waals surface area contributed by atoms with E-state index >= 15 is 0 Å². The highest BCUT2D eigenvalue weighted by atomic mass is 16.1. The van der Waals surface area contributed by atoms with Crippen molar-refractivity contribution in [3.05, 3.63) is 0 Å². The van der Waals surface area contributed by atoms with Crippen LogP contribution in [0.25, 0.3) is 0 Å². The number of carbonyl (C=O) groups is 1. The second-order valence-corrected chi connectivity index (χ2v) is 4.76. The fraction of sp³-hybridized carbons (Fsp3) is 0.909. The van der Waals surface area contributed by atoms with Gasteiger partial charge in [-0.3, -0.25) is 4.79 Å². The van der Waals surface area contributed by atoms with E-state index in [2.05, 4.69) is 18.7 Å². The number of rotatable bonds is 7. The second-order valence-electron chi connectivity index (χ2n) is 4.76. The quantitative estimate of drug-likeness (QED) is 0.646. The van der Waals surface area contributed by atoms with Crippen LogP contribution < -0.4 is 11.5 Å². The number of primary amides is 1. The van der Waals surface area contributed by atoms with Crippen molar-refractivity contribution in [3.8, 4) is 0 Å². The first kappa shape index (κ1) is 14.4. The van der Waals surface area contributed by atoms with Crippen LogP contribution in [0.5, 0.6) is 0 Å². The van der Waals surface area contributed by atoms with Crippen molar-refractivity contribution in [2.24, 2.45) is 23.3 Å². The molecule has 0 fully saturated rings. The third-order valence-corrected chi connectivity index (χ3v) is 2.77. The van der Waals surface area contributed by atoms with Gasteiger partial charge >= 0.3 is 0 Å². The summed E-state index contributed by atoms with van der Waals surface area (Å²) in [6.45, 7) is 7.71. The second kappa shape index (κ2) is 6.80. The summed E-state index contributed by atoms with van der Waals surface area (Å²) in [6.07, 6.45) is 0.958. The van der Waals surface area contributed by atoms with E-state index in [0.29, 0.717) is 12.5 Å². The van der Waals surface area contributed by atoms with Gasteiger partial charge in [0.2, 0.25) is 5.91 Å². The van der Waals surface area contributed by atoms with E-state index in [1.807, 2.05) is 14.0 Å². The Kier molecular flexibility index (Phi) is 6.52. The van der Waals surface area contributed by atoms with Crippen LogP contribution in [0.15, 0.2) is 0 Å². The maximum atomic E-state index is 10.9. The highest BCUT2D eigenvalue weighted by Crippen LogP contribution is 2.05. The molecule has 0 aliphatic rings.